The number of halogens is 1. The summed E-state index contributed by atoms with van der Waals surface area (Å²) < 4.78 is 18.8. The molecule has 0 bridgehead atoms. The molecule has 0 aliphatic carbocycles. The minimum Gasteiger partial charge on any atom is -0.480 e. The topological polar surface area (TPSA) is 89.6 Å². The molecule has 1 unspecified atom stereocenters. The highest BCUT2D eigenvalue weighted by atomic mass is 19.1. The van der Waals surface area contributed by atoms with E-state index in [4.69, 9.17) is 15.6 Å². The number of carbonyl (C=O) groups excluding carboxylic acids is 1. The average Bonchev–Trinajstić information content (AvgIpc) is 2.25. The Labute approximate surface area is 110 Å². The van der Waals surface area contributed by atoms with E-state index in [1.54, 1.807) is 20.8 Å². The molecule has 3 N–H and O–H groups in total. The van der Waals surface area contributed by atoms with E-state index in [1.807, 2.05) is 0 Å². The zero-order valence-electron chi connectivity index (χ0n) is 10.9. The Morgan fingerprint density at radius 1 is 1.37 bits per heavy atom. The summed E-state index contributed by atoms with van der Waals surface area (Å²) in [7, 11) is 0. The van der Waals surface area contributed by atoms with Gasteiger partial charge in [-0.25, -0.2) is 9.18 Å². The minimum absolute atomic E-state index is 0.0808. The first-order valence-corrected chi connectivity index (χ1v) is 5.63. The summed E-state index contributed by atoms with van der Waals surface area (Å²) >= 11 is 0. The number of hydrogen-bond donors (Lipinski definition) is 2. The zero-order chi connectivity index (χ0) is 14.8. The van der Waals surface area contributed by atoms with Gasteiger partial charge in [-0.1, -0.05) is 6.07 Å². The number of esters is 1. The van der Waals surface area contributed by atoms with Crippen molar-refractivity contribution >= 4 is 11.9 Å². The molecule has 1 atom stereocenters. The molecule has 0 aromatic heterocycles. The normalized spacial score (nSPS) is 12.9. The molecule has 0 saturated carbocycles. The molecule has 0 saturated heterocycles. The first kappa shape index (κ1) is 15.1. The van der Waals surface area contributed by atoms with Crippen molar-refractivity contribution in [1.82, 2.24) is 0 Å². The number of benzene rings is 1. The lowest BCUT2D eigenvalue weighted by Crippen LogP contribution is -2.25. The fraction of sp³-hybridized carbons (Fsp3) is 0.385. The van der Waals surface area contributed by atoms with E-state index in [9.17, 15) is 14.0 Å². The van der Waals surface area contributed by atoms with Gasteiger partial charge in [0.25, 0.3) is 0 Å². The second-order valence-electron chi connectivity index (χ2n) is 5.06. The highest BCUT2D eigenvalue weighted by molar-refractivity contribution is 5.90. The molecule has 0 radical (unpaired) electrons. The number of ether oxygens (including phenoxy) is 1. The monoisotopic (exact) mass is 269 g/mol. The molecular formula is C13H16FNO4. The van der Waals surface area contributed by atoms with Crippen molar-refractivity contribution in [3.05, 3.63) is 35.1 Å². The maximum Gasteiger partial charge on any atom is 0.341 e. The molecule has 6 heteroatoms. The first-order chi connectivity index (χ1) is 8.61. The van der Waals surface area contributed by atoms with Crippen LogP contribution in [0, 0.1) is 5.82 Å². The van der Waals surface area contributed by atoms with Gasteiger partial charge in [0.15, 0.2) is 0 Å². The summed E-state index contributed by atoms with van der Waals surface area (Å²) in [6.07, 6.45) is 0. The summed E-state index contributed by atoms with van der Waals surface area (Å²) in [5.74, 6) is -2.94. The van der Waals surface area contributed by atoms with E-state index < -0.39 is 29.4 Å². The molecule has 1 aromatic rings. The quantitative estimate of drug-likeness (QED) is 0.817. The number of carboxylic acids is 1. The maximum atomic E-state index is 13.8. The molecule has 19 heavy (non-hydrogen) atoms. The lowest BCUT2D eigenvalue weighted by molar-refractivity contribution is -0.138. The van der Waals surface area contributed by atoms with E-state index in [1.165, 1.54) is 12.1 Å². The SMILES string of the molecule is CC(C)(C)OC(=O)c1ccc(C(N)C(=O)O)cc1F. The smallest absolute Gasteiger partial charge is 0.341 e. The van der Waals surface area contributed by atoms with Crippen LogP contribution in [0.2, 0.25) is 0 Å². The third-order valence-electron chi connectivity index (χ3n) is 2.24. The van der Waals surface area contributed by atoms with Gasteiger partial charge in [0.05, 0.1) is 5.56 Å². The second-order valence-corrected chi connectivity index (χ2v) is 5.06. The van der Waals surface area contributed by atoms with Crippen molar-refractivity contribution in [2.45, 2.75) is 32.4 Å². The standard InChI is InChI=1S/C13H16FNO4/c1-13(2,3)19-12(18)8-5-4-7(6-9(8)14)10(15)11(16)17/h4-6,10H,15H2,1-3H3,(H,16,17). The van der Waals surface area contributed by atoms with Gasteiger partial charge in [-0.3, -0.25) is 4.79 Å². The lowest BCUT2D eigenvalue weighted by Gasteiger charge is -2.19. The van der Waals surface area contributed by atoms with E-state index in [0.29, 0.717) is 0 Å². The van der Waals surface area contributed by atoms with Crippen molar-refractivity contribution < 1.29 is 23.8 Å². The van der Waals surface area contributed by atoms with Gasteiger partial charge in [0, 0.05) is 0 Å². The molecule has 0 aliphatic heterocycles. The van der Waals surface area contributed by atoms with Gasteiger partial charge in [0.1, 0.15) is 17.5 Å². The van der Waals surface area contributed by atoms with E-state index in [-0.39, 0.29) is 11.1 Å². The Morgan fingerprint density at radius 2 is 1.95 bits per heavy atom. The van der Waals surface area contributed by atoms with Gasteiger partial charge in [0.2, 0.25) is 0 Å². The molecule has 5 nitrogen and oxygen atoms in total. The van der Waals surface area contributed by atoms with Crippen molar-refractivity contribution in [1.29, 1.82) is 0 Å². The molecule has 104 valence electrons. The highest BCUT2D eigenvalue weighted by Crippen LogP contribution is 2.19. The van der Waals surface area contributed by atoms with Crippen LogP contribution in [0.15, 0.2) is 18.2 Å². The largest absolute Gasteiger partial charge is 0.480 e. The van der Waals surface area contributed by atoms with Crippen molar-refractivity contribution in [2.24, 2.45) is 5.73 Å². The predicted octanol–water partition coefficient (Wildman–Crippen LogP) is 1.87. The minimum atomic E-state index is -1.33. The summed E-state index contributed by atoms with van der Waals surface area (Å²) in [5, 5.41) is 8.72. The molecule has 0 heterocycles. The van der Waals surface area contributed by atoms with Crippen LogP contribution in [0.25, 0.3) is 0 Å². The number of hydrogen-bond acceptors (Lipinski definition) is 4. The van der Waals surface area contributed by atoms with Gasteiger partial charge in [-0.15, -0.1) is 0 Å². The molecule has 1 aromatic carbocycles. The number of nitrogens with two attached hydrogens (primary N) is 1. The van der Waals surface area contributed by atoms with Crippen LogP contribution >= 0.6 is 0 Å². The Kier molecular flexibility index (Phi) is 4.26. The van der Waals surface area contributed by atoms with Gasteiger partial charge in [-0.05, 0) is 38.5 Å². The fourth-order valence-electron chi connectivity index (χ4n) is 1.37. The fourth-order valence-corrected chi connectivity index (χ4v) is 1.37. The molecule has 0 aliphatic rings. The van der Waals surface area contributed by atoms with Crippen LogP contribution in [0.1, 0.15) is 42.7 Å². The van der Waals surface area contributed by atoms with Gasteiger partial charge < -0.3 is 15.6 Å². The molecule has 0 spiro atoms. The number of carboxylic acid groups (broad SMARTS) is 1. The molecule has 0 amide bonds. The lowest BCUT2D eigenvalue weighted by atomic mass is 10.0. The predicted molar refractivity (Wildman–Crippen MR) is 66.1 cm³/mol. The van der Waals surface area contributed by atoms with Crippen molar-refractivity contribution in [3.8, 4) is 0 Å². The zero-order valence-corrected chi connectivity index (χ0v) is 10.9. The van der Waals surface area contributed by atoms with Gasteiger partial charge >= 0.3 is 11.9 Å². The summed E-state index contributed by atoms with van der Waals surface area (Å²) in [6.45, 7) is 4.99. The molecule has 1 rings (SSSR count). The third-order valence-corrected chi connectivity index (χ3v) is 2.24. The van der Waals surface area contributed by atoms with Gasteiger partial charge in [-0.2, -0.15) is 0 Å². The molecule has 0 fully saturated rings. The van der Waals surface area contributed by atoms with E-state index in [0.717, 1.165) is 6.07 Å². The number of rotatable bonds is 3. The van der Waals surface area contributed by atoms with Crippen molar-refractivity contribution in [3.63, 3.8) is 0 Å². The van der Waals surface area contributed by atoms with E-state index >= 15 is 0 Å². The Bertz CT molecular complexity index is 508. The second kappa shape index (κ2) is 5.36. The Hall–Kier alpha value is -1.95. The van der Waals surface area contributed by atoms with Crippen LogP contribution in [0.4, 0.5) is 4.39 Å². The van der Waals surface area contributed by atoms with Crippen LogP contribution in [-0.2, 0) is 9.53 Å². The summed E-state index contributed by atoms with van der Waals surface area (Å²) in [5.41, 5.74) is 4.44. The van der Waals surface area contributed by atoms with Crippen LogP contribution in [-0.4, -0.2) is 22.6 Å². The summed E-state index contributed by atoms with van der Waals surface area (Å²) in [4.78, 5) is 22.4. The summed E-state index contributed by atoms with van der Waals surface area (Å²) in [6, 6.07) is 2.06. The van der Waals surface area contributed by atoms with E-state index in [2.05, 4.69) is 0 Å². The number of aliphatic carboxylic acids is 1. The number of carbonyl (C=O) groups is 2. The Balaban J connectivity index is 3.01. The Morgan fingerprint density at radius 3 is 2.37 bits per heavy atom. The van der Waals surface area contributed by atoms with Crippen molar-refractivity contribution in [2.75, 3.05) is 0 Å². The van der Waals surface area contributed by atoms with Crippen LogP contribution in [0.3, 0.4) is 0 Å². The molecular weight excluding hydrogens is 253 g/mol. The highest BCUT2D eigenvalue weighted by Gasteiger charge is 2.22. The first-order valence-electron chi connectivity index (χ1n) is 5.63. The van der Waals surface area contributed by atoms with Crippen LogP contribution in [0.5, 0.6) is 0 Å². The third kappa shape index (κ3) is 4.03. The van der Waals surface area contributed by atoms with Crippen LogP contribution < -0.4 is 5.73 Å². The maximum absolute atomic E-state index is 13.8. The average molecular weight is 269 g/mol.